The Kier molecular flexibility index (Phi) is 6.65. The molecule has 4 rings (SSSR count). The van der Waals surface area contributed by atoms with Crippen LogP contribution >= 0.6 is 11.3 Å². The summed E-state index contributed by atoms with van der Waals surface area (Å²) >= 11 is 1.59. The quantitative estimate of drug-likeness (QED) is 0.360. The van der Waals surface area contributed by atoms with Gasteiger partial charge < -0.3 is 4.74 Å². The molecule has 0 aliphatic heterocycles. The van der Waals surface area contributed by atoms with Gasteiger partial charge in [0, 0.05) is 23.1 Å². The molecule has 33 heavy (non-hydrogen) atoms. The maximum atomic E-state index is 12.9. The van der Waals surface area contributed by atoms with Crippen molar-refractivity contribution in [3.8, 4) is 27.6 Å². The van der Waals surface area contributed by atoms with Crippen LogP contribution in [0.4, 0.5) is 0 Å². The highest BCUT2D eigenvalue weighted by Gasteiger charge is 2.20. The summed E-state index contributed by atoms with van der Waals surface area (Å²) in [5, 5.41) is 2.98. The van der Waals surface area contributed by atoms with Crippen molar-refractivity contribution >= 4 is 21.4 Å². The number of nitrogens with one attached hydrogen (secondary N) is 1. The molecule has 0 aliphatic carbocycles. The summed E-state index contributed by atoms with van der Waals surface area (Å²) in [5.41, 5.74) is 7.01. The van der Waals surface area contributed by atoms with E-state index in [4.69, 9.17) is 9.72 Å². The Bertz CT molecular complexity index is 1370. The smallest absolute Gasteiger partial charge is 0.244 e. The average Bonchev–Trinajstić information content (AvgIpc) is 3.30. The van der Waals surface area contributed by atoms with Crippen molar-refractivity contribution in [2.24, 2.45) is 0 Å². The van der Waals surface area contributed by atoms with Crippen LogP contribution in [0.1, 0.15) is 22.3 Å². The van der Waals surface area contributed by atoms with Gasteiger partial charge in [-0.15, -0.1) is 11.3 Å². The summed E-state index contributed by atoms with van der Waals surface area (Å²) < 4.78 is 33.8. The van der Waals surface area contributed by atoms with E-state index in [-0.39, 0.29) is 11.4 Å². The van der Waals surface area contributed by atoms with Crippen molar-refractivity contribution in [1.29, 1.82) is 0 Å². The first-order valence-electron chi connectivity index (χ1n) is 10.5. The maximum absolute atomic E-state index is 12.9. The van der Waals surface area contributed by atoms with Gasteiger partial charge in [0.1, 0.15) is 15.7 Å². The maximum Gasteiger partial charge on any atom is 0.244 e. The fourth-order valence-corrected chi connectivity index (χ4v) is 5.50. The fraction of sp³-hybridized carbons (Fsp3) is 0.192. The first kappa shape index (κ1) is 23.2. The van der Waals surface area contributed by atoms with E-state index in [1.165, 1.54) is 12.7 Å². The normalized spacial score (nSPS) is 11.5. The van der Waals surface area contributed by atoms with Crippen LogP contribution in [0.2, 0.25) is 0 Å². The van der Waals surface area contributed by atoms with E-state index in [0.717, 1.165) is 38.5 Å². The van der Waals surface area contributed by atoms with E-state index in [0.29, 0.717) is 5.75 Å². The van der Waals surface area contributed by atoms with E-state index < -0.39 is 10.0 Å². The van der Waals surface area contributed by atoms with Gasteiger partial charge in [-0.05, 0) is 49.6 Å². The summed E-state index contributed by atoms with van der Waals surface area (Å²) in [5.74, 6) is 0.342. The molecule has 0 spiro atoms. The zero-order valence-corrected chi connectivity index (χ0v) is 20.7. The third-order valence-electron chi connectivity index (χ3n) is 5.59. The van der Waals surface area contributed by atoms with Gasteiger partial charge in [0.2, 0.25) is 10.0 Å². The lowest BCUT2D eigenvalue weighted by Crippen LogP contribution is -2.24. The Morgan fingerprint density at radius 3 is 2.21 bits per heavy atom. The van der Waals surface area contributed by atoms with E-state index in [9.17, 15) is 8.42 Å². The standard InChI is InChI=1S/C26H26N2O3S2/c1-17-5-9-21(10-6-17)23-16-32-26(28-23)22-11-7-20(8-12-22)15-27-33(29,30)25-14-19(3)18(2)13-24(25)31-4/h5-14,16,27H,15H2,1-4H3. The number of aryl methyl sites for hydroxylation is 3. The van der Waals surface area contributed by atoms with Crippen LogP contribution in [0.15, 0.2) is 70.9 Å². The molecule has 0 bridgehead atoms. The molecule has 0 saturated heterocycles. The van der Waals surface area contributed by atoms with Gasteiger partial charge in [-0.25, -0.2) is 18.1 Å². The summed E-state index contributed by atoms with van der Waals surface area (Å²) in [6, 6.07) is 19.5. The predicted molar refractivity (Wildman–Crippen MR) is 134 cm³/mol. The molecular formula is C26H26N2O3S2. The number of nitrogens with zero attached hydrogens (tertiary/aromatic N) is 1. The number of sulfonamides is 1. The second-order valence-electron chi connectivity index (χ2n) is 8.01. The molecule has 0 amide bonds. The van der Waals surface area contributed by atoms with Crippen molar-refractivity contribution in [2.45, 2.75) is 32.2 Å². The first-order valence-corrected chi connectivity index (χ1v) is 12.9. The Labute approximate surface area is 199 Å². The monoisotopic (exact) mass is 478 g/mol. The number of ether oxygens (including phenoxy) is 1. The van der Waals surface area contributed by atoms with Crippen molar-refractivity contribution in [3.63, 3.8) is 0 Å². The number of benzene rings is 3. The van der Waals surface area contributed by atoms with Crippen LogP contribution in [0, 0.1) is 20.8 Å². The lowest BCUT2D eigenvalue weighted by atomic mass is 10.1. The summed E-state index contributed by atoms with van der Waals surface area (Å²) in [7, 11) is -2.24. The molecule has 5 nitrogen and oxygen atoms in total. The number of hydrogen-bond acceptors (Lipinski definition) is 5. The van der Waals surface area contributed by atoms with Gasteiger partial charge in [0.05, 0.1) is 12.8 Å². The zero-order valence-electron chi connectivity index (χ0n) is 19.0. The number of hydrogen-bond donors (Lipinski definition) is 1. The molecule has 0 unspecified atom stereocenters. The molecule has 0 radical (unpaired) electrons. The van der Waals surface area contributed by atoms with Crippen molar-refractivity contribution in [3.05, 3.63) is 88.3 Å². The molecule has 0 fully saturated rings. The SMILES string of the molecule is COc1cc(C)c(C)cc1S(=O)(=O)NCc1ccc(-c2nc(-c3ccc(C)cc3)cs2)cc1. The van der Waals surface area contributed by atoms with Gasteiger partial charge in [-0.2, -0.15) is 0 Å². The summed E-state index contributed by atoms with van der Waals surface area (Å²) in [4.78, 5) is 4.91. The Balaban J connectivity index is 1.47. The van der Waals surface area contributed by atoms with Gasteiger partial charge in [0.25, 0.3) is 0 Å². The highest BCUT2D eigenvalue weighted by molar-refractivity contribution is 7.89. The van der Waals surface area contributed by atoms with Gasteiger partial charge in [0.15, 0.2) is 0 Å². The van der Waals surface area contributed by atoms with Gasteiger partial charge in [-0.1, -0.05) is 54.1 Å². The average molecular weight is 479 g/mol. The molecule has 4 aromatic rings. The van der Waals surface area contributed by atoms with Crippen molar-refractivity contribution < 1.29 is 13.2 Å². The number of rotatable bonds is 7. The molecular weight excluding hydrogens is 452 g/mol. The Hall–Kier alpha value is -3.00. The predicted octanol–water partition coefficient (Wildman–Crippen LogP) is 5.89. The summed E-state index contributed by atoms with van der Waals surface area (Å²) in [6.07, 6.45) is 0. The van der Waals surface area contributed by atoms with E-state index in [1.807, 2.05) is 38.1 Å². The van der Waals surface area contributed by atoms with E-state index >= 15 is 0 Å². The second-order valence-corrected chi connectivity index (χ2v) is 10.6. The minimum Gasteiger partial charge on any atom is -0.495 e. The first-order chi connectivity index (χ1) is 15.8. The topological polar surface area (TPSA) is 68.3 Å². The molecule has 1 heterocycles. The Morgan fingerprint density at radius 2 is 1.55 bits per heavy atom. The number of aromatic nitrogens is 1. The van der Waals surface area contributed by atoms with Gasteiger partial charge >= 0.3 is 0 Å². The van der Waals surface area contributed by atoms with Crippen LogP contribution in [-0.4, -0.2) is 20.5 Å². The minimum absolute atomic E-state index is 0.149. The fourth-order valence-electron chi connectivity index (χ4n) is 3.42. The van der Waals surface area contributed by atoms with E-state index in [2.05, 4.69) is 41.3 Å². The molecule has 170 valence electrons. The van der Waals surface area contributed by atoms with Crippen molar-refractivity contribution in [2.75, 3.05) is 7.11 Å². The third-order valence-corrected chi connectivity index (χ3v) is 7.90. The molecule has 1 N–H and O–H groups in total. The zero-order chi connectivity index (χ0) is 23.6. The lowest BCUT2D eigenvalue weighted by Gasteiger charge is -2.13. The van der Waals surface area contributed by atoms with Crippen LogP contribution in [0.5, 0.6) is 5.75 Å². The van der Waals surface area contributed by atoms with Crippen molar-refractivity contribution in [1.82, 2.24) is 9.71 Å². The molecule has 7 heteroatoms. The van der Waals surface area contributed by atoms with Crippen LogP contribution < -0.4 is 9.46 Å². The number of thiazole rings is 1. The molecule has 0 atom stereocenters. The second kappa shape index (κ2) is 9.47. The molecule has 0 aliphatic rings. The largest absolute Gasteiger partial charge is 0.495 e. The minimum atomic E-state index is -3.72. The summed E-state index contributed by atoms with van der Waals surface area (Å²) in [6.45, 7) is 6.06. The third kappa shape index (κ3) is 5.16. The molecule has 1 aromatic heterocycles. The lowest BCUT2D eigenvalue weighted by molar-refractivity contribution is 0.402. The highest BCUT2D eigenvalue weighted by Crippen LogP contribution is 2.30. The number of methoxy groups -OCH3 is 1. The van der Waals surface area contributed by atoms with E-state index in [1.54, 1.807) is 23.5 Å². The van der Waals surface area contributed by atoms with Crippen LogP contribution in [0.3, 0.4) is 0 Å². The Morgan fingerprint density at radius 1 is 0.909 bits per heavy atom. The highest BCUT2D eigenvalue weighted by atomic mass is 32.2. The van der Waals surface area contributed by atoms with Gasteiger partial charge in [-0.3, -0.25) is 0 Å². The molecule has 0 saturated carbocycles. The van der Waals surface area contributed by atoms with Crippen LogP contribution in [0.25, 0.3) is 21.8 Å². The van der Waals surface area contributed by atoms with Crippen LogP contribution in [-0.2, 0) is 16.6 Å². The molecule has 3 aromatic carbocycles.